The van der Waals surface area contributed by atoms with E-state index in [2.05, 4.69) is 5.32 Å². The van der Waals surface area contributed by atoms with Gasteiger partial charge in [0.15, 0.2) is 0 Å². The predicted octanol–water partition coefficient (Wildman–Crippen LogP) is -0.204. The number of piperidine rings is 1. The molecule has 1 saturated heterocycles. The minimum atomic E-state index is -0.445. The standard InChI is InChI=1S/C12H24N2O4/c1-9(16)10-6-11(13-4-3-5-15)8-14(7-10)12(17)18-2/h9-11,13,15-16H,3-8H2,1-2H3. The Morgan fingerprint density at radius 3 is 2.83 bits per heavy atom. The summed E-state index contributed by atoms with van der Waals surface area (Å²) in [4.78, 5) is 13.2. The van der Waals surface area contributed by atoms with Crippen LogP contribution < -0.4 is 5.32 Å². The first-order valence-corrected chi connectivity index (χ1v) is 6.43. The molecule has 1 fully saturated rings. The van der Waals surface area contributed by atoms with Gasteiger partial charge >= 0.3 is 6.09 Å². The van der Waals surface area contributed by atoms with E-state index in [1.807, 2.05) is 0 Å². The second kappa shape index (κ2) is 7.56. The number of carbonyl (C=O) groups is 1. The lowest BCUT2D eigenvalue weighted by Crippen LogP contribution is -2.53. The lowest BCUT2D eigenvalue weighted by molar-refractivity contribution is 0.0425. The molecule has 1 heterocycles. The molecule has 3 unspecified atom stereocenters. The number of aliphatic hydroxyl groups is 2. The zero-order valence-electron chi connectivity index (χ0n) is 11.1. The molecule has 0 aromatic heterocycles. The van der Waals surface area contributed by atoms with E-state index < -0.39 is 6.10 Å². The van der Waals surface area contributed by atoms with Gasteiger partial charge in [-0.25, -0.2) is 4.79 Å². The van der Waals surface area contributed by atoms with Crippen molar-refractivity contribution in [3.8, 4) is 0 Å². The molecule has 0 aliphatic carbocycles. The summed E-state index contributed by atoms with van der Waals surface area (Å²) in [6.07, 6.45) is 0.721. The number of likely N-dealkylation sites (tertiary alicyclic amines) is 1. The molecule has 6 heteroatoms. The number of nitrogens with one attached hydrogen (secondary N) is 1. The van der Waals surface area contributed by atoms with Gasteiger partial charge in [-0.05, 0) is 26.3 Å². The number of ether oxygens (including phenoxy) is 1. The van der Waals surface area contributed by atoms with E-state index in [4.69, 9.17) is 9.84 Å². The van der Waals surface area contributed by atoms with Crippen molar-refractivity contribution in [2.24, 2.45) is 5.92 Å². The van der Waals surface area contributed by atoms with Gasteiger partial charge in [-0.1, -0.05) is 0 Å². The lowest BCUT2D eigenvalue weighted by atomic mass is 9.90. The number of carbonyl (C=O) groups excluding carboxylic acids is 1. The van der Waals surface area contributed by atoms with Crippen LogP contribution in [0.15, 0.2) is 0 Å². The van der Waals surface area contributed by atoms with Crippen LogP contribution in [0.3, 0.4) is 0 Å². The Hall–Kier alpha value is -0.850. The van der Waals surface area contributed by atoms with Gasteiger partial charge in [-0.3, -0.25) is 0 Å². The molecule has 3 N–H and O–H groups in total. The van der Waals surface area contributed by atoms with Gasteiger partial charge in [0, 0.05) is 31.7 Å². The van der Waals surface area contributed by atoms with Crippen molar-refractivity contribution in [3.63, 3.8) is 0 Å². The highest BCUT2D eigenvalue weighted by Gasteiger charge is 2.32. The molecule has 0 radical (unpaired) electrons. The maximum atomic E-state index is 11.6. The molecule has 0 saturated carbocycles. The first-order valence-electron chi connectivity index (χ1n) is 6.43. The molecule has 18 heavy (non-hydrogen) atoms. The van der Waals surface area contributed by atoms with Crippen LogP contribution in [0.4, 0.5) is 4.79 Å². The number of methoxy groups -OCH3 is 1. The Kier molecular flexibility index (Phi) is 6.38. The topological polar surface area (TPSA) is 82.0 Å². The number of nitrogens with zero attached hydrogens (tertiary/aromatic N) is 1. The molecule has 0 bridgehead atoms. The third-order valence-corrected chi connectivity index (χ3v) is 3.37. The van der Waals surface area contributed by atoms with E-state index in [0.29, 0.717) is 26.1 Å². The van der Waals surface area contributed by atoms with Gasteiger partial charge in [0.2, 0.25) is 0 Å². The van der Waals surface area contributed by atoms with Crippen LogP contribution in [0.1, 0.15) is 19.8 Å². The molecule has 1 aliphatic rings. The van der Waals surface area contributed by atoms with E-state index >= 15 is 0 Å². The van der Waals surface area contributed by atoms with Gasteiger partial charge in [-0.15, -0.1) is 0 Å². The smallest absolute Gasteiger partial charge is 0.409 e. The van der Waals surface area contributed by atoms with Crippen molar-refractivity contribution in [1.82, 2.24) is 10.2 Å². The first kappa shape index (κ1) is 15.2. The van der Waals surface area contributed by atoms with Crippen LogP contribution in [0, 0.1) is 5.92 Å². The summed E-state index contributed by atoms with van der Waals surface area (Å²) in [5.41, 5.74) is 0. The van der Waals surface area contributed by atoms with Crippen LogP contribution in [-0.2, 0) is 4.74 Å². The summed E-state index contributed by atoms with van der Waals surface area (Å²) in [6.45, 7) is 3.73. The molecule has 1 rings (SSSR count). The van der Waals surface area contributed by atoms with Crippen molar-refractivity contribution in [2.75, 3.05) is 33.4 Å². The molecular formula is C12H24N2O4. The van der Waals surface area contributed by atoms with E-state index in [1.165, 1.54) is 7.11 Å². The SMILES string of the molecule is COC(=O)N1CC(NCCCO)CC(C(C)O)C1. The van der Waals surface area contributed by atoms with Gasteiger partial charge in [0.05, 0.1) is 13.2 Å². The Balaban J connectivity index is 2.53. The highest BCUT2D eigenvalue weighted by Crippen LogP contribution is 2.20. The van der Waals surface area contributed by atoms with Gasteiger partial charge in [0.1, 0.15) is 0 Å². The third kappa shape index (κ3) is 4.44. The summed E-state index contributed by atoms with van der Waals surface area (Å²) >= 11 is 0. The second-order valence-corrected chi connectivity index (χ2v) is 4.84. The van der Waals surface area contributed by atoms with E-state index in [0.717, 1.165) is 6.42 Å². The van der Waals surface area contributed by atoms with Crippen LogP contribution >= 0.6 is 0 Å². The molecule has 6 nitrogen and oxygen atoms in total. The maximum Gasteiger partial charge on any atom is 0.409 e. The number of hydrogen-bond donors (Lipinski definition) is 3. The summed E-state index contributed by atoms with van der Waals surface area (Å²) in [5, 5.41) is 21.7. The van der Waals surface area contributed by atoms with Crippen LogP contribution in [-0.4, -0.2) is 66.7 Å². The first-order chi connectivity index (χ1) is 8.58. The van der Waals surface area contributed by atoms with Gasteiger partial charge < -0.3 is 25.2 Å². The second-order valence-electron chi connectivity index (χ2n) is 4.84. The minimum Gasteiger partial charge on any atom is -0.453 e. The molecule has 3 atom stereocenters. The Morgan fingerprint density at radius 2 is 2.28 bits per heavy atom. The van der Waals surface area contributed by atoms with E-state index in [-0.39, 0.29) is 24.7 Å². The molecule has 1 aliphatic heterocycles. The predicted molar refractivity (Wildman–Crippen MR) is 67.3 cm³/mol. The fraction of sp³-hybridized carbons (Fsp3) is 0.917. The van der Waals surface area contributed by atoms with Crippen molar-refractivity contribution in [1.29, 1.82) is 0 Å². The highest BCUT2D eigenvalue weighted by atomic mass is 16.5. The van der Waals surface area contributed by atoms with Crippen LogP contribution in [0.2, 0.25) is 0 Å². The van der Waals surface area contributed by atoms with Crippen LogP contribution in [0.5, 0.6) is 0 Å². The van der Waals surface area contributed by atoms with Crippen molar-refractivity contribution in [2.45, 2.75) is 31.9 Å². The number of rotatable bonds is 5. The van der Waals surface area contributed by atoms with Crippen LogP contribution in [0.25, 0.3) is 0 Å². The summed E-state index contributed by atoms with van der Waals surface area (Å²) in [6, 6.07) is 0.143. The highest BCUT2D eigenvalue weighted by molar-refractivity contribution is 5.67. The zero-order chi connectivity index (χ0) is 13.5. The normalized spacial score (nSPS) is 25.9. The van der Waals surface area contributed by atoms with Crippen molar-refractivity contribution in [3.05, 3.63) is 0 Å². The van der Waals surface area contributed by atoms with Gasteiger partial charge in [0.25, 0.3) is 0 Å². The zero-order valence-corrected chi connectivity index (χ0v) is 11.1. The van der Waals surface area contributed by atoms with E-state index in [9.17, 15) is 9.90 Å². The molecule has 106 valence electrons. The van der Waals surface area contributed by atoms with Crippen molar-refractivity contribution < 1.29 is 19.7 Å². The molecule has 0 aromatic carbocycles. The average molecular weight is 260 g/mol. The number of aliphatic hydroxyl groups excluding tert-OH is 2. The Morgan fingerprint density at radius 1 is 1.56 bits per heavy atom. The fourth-order valence-electron chi connectivity index (χ4n) is 2.30. The summed E-state index contributed by atoms with van der Waals surface area (Å²) in [7, 11) is 1.36. The van der Waals surface area contributed by atoms with Gasteiger partial charge in [-0.2, -0.15) is 0 Å². The minimum absolute atomic E-state index is 0.0597. The fourth-order valence-corrected chi connectivity index (χ4v) is 2.30. The largest absolute Gasteiger partial charge is 0.453 e. The molecular weight excluding hydrogens is 236 g/mol. The average Bonchev–Trinajstić information content (AvgIpc) is 2.37. The monoisotopic (exact) mass is 260 g/mol. The maximum absolute atomic E-state index is 11.6. The summed E-state index contributed by atoms with van der Waals surface area (Å²) in [5.74, 6) is 0.0597. The number of amides is 1. The third-order valence-electron chi connectivity index (χ3n) is 3.37. The molecule has 1 amide bonds. The molecule has 0 aromatic rings. The Labute approximate surface area is 108 Å². The Bertz CT molecular complexity index is 260. The molecule has 0 spiro atoms. The number of hydrogen-bond acceptors (Lipinski definition) is 5. The van der Waals surface area contributed by atoms with E-state index in [1.54, 1.807) is 11.8 Å². The van der Waals surface area contributed by atoms with Crippen molar-refractivity contribution >= 4 is 6.09 Å². The quantitative estimate of drug-likeness (QED) is 0.596. The lowest BCUT2D eigenvalue weighted by Gasteiger charge is -2.38. The summed E-state index contributed by atoms with van der Waals surface area (Å²) < 4.78 is 4.73.